The average molecular weight is 349 g/mol. The lowest BCUT2D eigenvalue weighted by Crippen LogP contribution is -2.42. The monoisotopic (exact) mass is 349 g/mol. The number of likely N-dealkylation sites (tertiary alicyclic amines) is 2. The lowest BCUT2D eigenvalue weighted by molar-refractivity contribution is -0.132. The minimum atomic E-state index is -0.231. The third-order valence-corrected chi connectivity index (χ3v) is 5.33. The second kappa shape index (κ2) is 7.30. The number of carbonyl (C=O) groups is 1. The van der Waals surface area contributed by atoms with Gasteiger partial charge >= 0.3 is 0 Å². The maximum absolute atomic E-state index is 12.5. The molecule has 0 unspecified atom stereocenters. The van der Waals surface area contributed by atoms with Crippen molar-refractivity contribution in [2.45, 2.75) is 31.3 Å². The van der Waals surface area contributed by atoms with Crippen LogP contribution in [0.3, 0.4) is 0 Å². The highest BCUT2D eigenvalue weighted by atomic mass is 16.2. The zero-order valence-electron chi connectivity index (χ0n) is 14.8. The van der Waals surface area contributed by atoms with E-state index in [1.807, 2.05) is 12.1 Å². The number of aromatic nitrogens is 1. The van der Waals surface area contributed by atoms with E-state index < -0.39 is 0 Å². The number of nitriles is 1. The molecule has 1 N–H and O–H groups in total. The number of hydrogen-bond acceptors (Lipinski definition) is 5. The van der Waals surface area contributed by atoms with Crippen molar-refractivity contribution in [3.05, 3.63) is 36.5 Å². The van der Waals surface area contributed by atoms with Gasteiger partial charge in [0.05, 0.1) is 18.1 Å². The third-order valence-electron chi connectivity index (χ3n) is 5.33. The summed E-state index contributed by atoms with van der Waals surface area (Å²) in [4.78, 5) is 20.8. The summed E-state index contributed by atoms with van der Waals surface area (Å²) in [6.07, 6.45) is 4.56. The molecule has 6 heteroatoms. The first-order valence-corrected chi connectivity index (χ1v) is 9.26. The summed E-state index contributed by atoms with van der Waals surface area (Å²) < 4.78 is 0. The van der Waals surface area contributed by atoms with E-state index in [4.69, 9.17) is 5.26 Å². The second-order valence-corrected chi connectivity index (χ2v) is 7.15. The standard InChI is InChI=1S/C20H23N5O/c21-12-18-4-2-9-25(18)20(26)14-24-10-7-17(13-24)23-16-5-6-19-15(11-16)3-1-8-22-19/h1,3,5-6,8,11,17-18,23H,2,4,7,9-10,13-14H2/t17-,18-/m0/s1. The zero-order chi connectivity index (χ0) is 17.9. The summed E-state index contributed by atoms with van der Waals surface area (Å²) in [6, 6.07) is 12.6. The van der Waals surface area contributed by atoms with E-state index in [1.165, 1.54) is 0 Å². The van der Waals surface area contributed by atoms with Crippen LogP contribution >= 0.6 is 0 Å². The van der Waals surface area contributed by atoms with Crippen LogP contribution in [0.1, 0.15) is 19.3 Å². The molecule has 2 aliphatic heterocycles. The molecule has 6 nitrogen and oxygen atoms in total. The van der Waals surface area contributed by atoms with Crippen LogP contribution in [0.2, 0.25) is 0 Å². The molecule has 1 aromatic heterocycles. The van der Waals surface area contributed by atoms with Gasteiger partial charge in [-0.25, -0.2) is 0 Å². The Balaban J connectivity index is 1.33. The zero-order valence-corrected chi connectivity index (χ0v) is 14.8. The Labute approximate surface area is 153 Å². The SMILES string of the molecule is N#C[C@@H]1CCCN1C(=O)CN1CC[C@H](Nc2ccc3ncccc3c2)C1. The molecule has 0 bridgehead atoms. The van der Waals surface area contributed by atoms with Gasteiger partial charge in [0, 0.05) is 42.9 Å². The number of fused-ring (bicyclic) bond motifs is 1. The van der Waals surface area contributed by atoms with Crippen LogP contribution in [0.15, 0.2) is 36.5 Å². The highest BCUT2D eigenvalue weighted by molar-refractivity contribution is 5.82. The predicted octanol–water partition coefficient (Wildman–Crippen LogP) is 2.24. The summed E-state index contributed by atoms with van der Waals surface area (Å²) in [7, 11) is 0. The molecule has 0 radical (unpaired) electrons. The quantitative estimate of drug-likeness (QED) is 0.916. The molecule has 1 aromatic carbocycles. The van der Waals surface area contributed by atoms with Gasteiger partial charge in [-0.15, -0.1) is 0 Å². The third kappa shape index (κ3) is 3.49. The van der Waals surface area contributed by atoms with Gasteiger partial charge < -0.3 is 10.2 Å². The van der Waals surface area contributed by atoms with E-state index >= 15 is 0 Å². The fraction of sp³-hybridized carbons (Fsp3) is 0.450. The fourth-order valence-electron chi connectivity index (χ4n) is 3.98. The van der Waals surface area contributed by atoms with Crippen LogP contribution in [0.5, 0.6) is 0 Å². The molecule has 2 saturated heterocycles. The van der Waals surface area contributed by atoms with Gasteiger partial charge in [-0.05, 0) is 43.5 Å². The van der Waals surface area contributed by atoms with Gasteiger partial charge in [-0.3, -0.25) is 14.7 Å². The number of pyridine rings is 1. The van der Waals surface area contributed by atoms with Crippen molar-refractivity contribution in [1.82, 2.24) is 14.8 Å². The van der Waals surface area contributed by atoms with E-state index in [1.54, 1.807) is 11.1 Å². The van der Waals surface area contributed by atoms with Gasteiger partial charge in [0.2, 0.25) is 5.91 Å². The molecule has 2 fully saturated rings. The Morgan fingerprint density at radius 2 is 2.23 bits per heavy atom. The van der Waals surface area contributed by atoms with Gasteiger partial charge in [0.25, 0.3) is 0 Å². The number of hydrogen-bond donors (Lipinski definition) is 1. The number of anilines is 1. The molecule has 0 spiro atoms. The lowest BCUT2D eigenvalue weighted by atomic mass is 10.2. The summed E-state index contributed by atoms with van der Waals surface area (Å²) >= 11 is 0. The van der Waals surface area contributed by atoms with Gasteiger partial charge in [0.15, 0.2) is 0 Å². The molecule has 134 valence electrons. The van der Waals surface area contributed by atoms with Crippen LogP contribution in [0.25, 0.3) is 10.9 Å². The van der Waals surface area contributed by atoms with E-state index in [0.717, 1.165) is 55.5 Å². The van der Waals surface area contributed by atoms with Crippen LogP contribution < -0.4 is 5.32 Å². The minimum Gasteiger partial charge on any atom is -0.381 e. The molecule has 1 amide bonds. The molecule has 0 saturated carbocycles. The van der Waals surface area contributed by atoms with Crippen molar-refractivity contribution in [3.63, 3.8) is 0 Å². The maximum atomic E-state index is 12.5. The number of nitrogens with one attached hydrogen (secondary N) is 1. The van der Waals surface area contributed by atoms with E-state index in [-0.39, 0.29) is 11.9 Å². The summed E-state index contributed by atoms with van der Waals surface area (Å²) in [6.45, 7) is 2.89. The predicted molar refractivity (Wildman–Crippen MR) is 101 cm³/mol. The van der Waals surface area contributed by atoms with Gasteiger partial charge in [-0.2, -0.15) is 5.26 Å². The molecular weight excluding hydrogens is 326 g/mol. The van der Waals surface area contributed by atoms with Crippen molar-refractivity contribution in [2.24, 2.45) is 0 Å². The van der Waals surface area contributed by atoms with E-state index in [0.29, 0.717) is 12.6 Å². The highest BCUT2D eigenvalue weighted by Crippen LogP contribution is 2.21. The average Bonchev–Trinajstić information content (AvgIpc) is 3.30. The lowest BCUT2D eigenvalue weighted by Gasteiger charge is -2.23. The topological polar surface area (TPSA) is 72.3 Å². The summed E-state index contributed by atoms with van der Waals surface area (Å²) in [5, 5.41) is 13.9. The first-order valence-electron chi connectivity index (χ1n) is 9.26. The fourth-order valence-corrected chi connectivity index (χ4v) is 3.98. The van der Waals surface area contributed by atoms with Gasteiger partial charge in [0.1, 0.15) is 6.04 Å². The molecular formula is C20H23N5O. The number of carbonyl (C=O) groups excluding carboxylic acids is 1. The Morgan fingerprint density at radius 1 is 1.31 bits per heavy atom. The Morgan fingerprint density at radius 3 is 3.12 bits per heavy atom. The van der Waals surface area contributed by atoms with Crippen molar-refractivity contribution in [1.29, 1.82) is 5.26 Å². The van der Waals surface area contributed by atoms with Gasteiger partial charge in [-0.1, -0.05) is 6.07 Å². The van der Waals surface area contributed by atoms with Crippen molar-refractivity contribution in [2.75, 3.05) is 31.5 Å². The minimum absolute atomic E-state index is 0.0893. The number of benzene rings is 1. The van der Waals surface area contributed by atoms with Crippen molar-refractivity contribution < 1.29 is 4.79 Å². The van der Waals surface area contributed by atoms with Crippen molar-refractivity contribution >= 4 is 22.5 Å². The first kappa shape index (κ1) is 16.8. The molecule has 26 heavy (non-hydrogen) atoms. The summed E-state index contributed by atoms with van der Waals surface area (Å²) in [5.41, 5.74) is 2.09. The Bertz CT molecular complexity index is 845. The van der Waals surface area contributed by atoms with Crippen LogP contribution in [0, 0.1) is 11.3 Å². The van der Waals surface area contributed by atoms with Crippen molar-refractivity contribution in [3.8, 4) is 6.07 Å². The van der Waals surface area contributed by atoms with Crippen LogP contribution in [-0.4, -0.2) is 59.0 Å². The molecule has 0 aliphatic carbocycles. The first-order chi connectivity index (χ1) is 12.7. The largest absolute Gasteiger partial charge is 0.381 e. The van der Waals surface area contributed by atoms with E-state index in [9.17, 15) is 4.79 Å². The normalized spacial score (nSPS) is 23.3. The smallest absolute Gasteiger partial charge is 0.237 e. The number of nitrogens with zero attached hydrogens (tertiary/aromatic N) is 4. The number of amides is 1. The molecule has 4 rings (SSSR count). The number of rotatable bonds is 4. The van der Waals surface area contributed by atoms with Crippen LogP contribution in [0.4, 0.5) is 5.69 Å². The highest BCUT2D eigenvalue weighted by Gasteiger charge is 2.31. The Kier molecular flexibility index (Phi) is 4.72. The summed E-state index contributed by atoms with van der Waals surface area (Å²) in [5.74, 6) is 0.0893. The van der Waals surface area contributed by atoms with Crippen LogP contribution in [-0.2, 0) is 4.79 Å². The molecule has 2 atom stereocenters. The van der Waals surface area contributed by atoms with E-state index in [2.05, 4.69) is 39.5 Å². The molecule has 2 aromatic rings. The second-order valence-electron chi connectivity index (χ2n) is 7.15. The molecule has 2 aliphatic rings. The molecule has 3 heterocycles. The Hall–Kier alpha value is -2.65. The maximum Gasteiger partial charge on any atom is 0.237 e.